The van der Waals surface area contributed by atoms with Crippen molar-refractivity contribution in [3.8, 4) is 0 Å². The number of benzene rings is 3. The van der Waals surface area contributed by atoms with Crippen molar-refractivity contribution in [2.75, 3.05) is 5.32 Å². The molecule has 0 unspecified atom stereocenters. The third-order valence-electron chi connectivity index (χ3n) is 4.56. The first-order valence-electron chi connectivity index (χ1n) is 7.91. The van der Waals surface area contributed by atoms with Gasteiger partial charge in [0.25, 0.3) is 5.91 Å². The third-order valence-corrected chi connectivity index (χ3v) is 5.49. The zero-order valence-corrected chi connectivity index (χ0v) is 14.1. The maximum Gasteiger partial charge on any atom is 0.256 e. The van der Waals surface area contributed by atoms with E-state index in [1.807, 2.05) is 24.3 Å². The Morgan fingerprint density at radius 3 is 2.28 bits per heavy atom. The lowest BCUT2D eigenvalue weighted by Gasteiger charge is -2.10. The molecule has 5 nitrogen and oxygen atoms in total. The van der Waals surface area contributed by atoms with Crippen molar-refractivity contribution in [1.29, 1.82) is 0 Å². The van der Waals surface area contributed by atoms with Crippen molar-refractivity contribution in [1.82, 2.24) is 0 Å². The Morgan fingerprint density at radius 2 is 1.60 bits per heavy atom. The molecule has 0 heterocycles. The van der Waals surface area contributed by atoms with Gasteiger partial charge >= 0.3 is 0 Å². The molecule has 1 aliphatic rings. The maximum atomic E-state index is 12.7. The summed E-state index contributed by atoms with van der Waals surface area (Å²) in [6.45, 7) is 0. The maximum absolute atomic E-state index is 12.7. The van der Waals surface area contributed by atoms with E-state index in [-0.39, 0.29) is 10.8 Å². The molecule has 0 aromatic heterocycles. The van der Waals surface area contributed by atoms with Gasteiger partial charge in [-0.05, 0) is 65.1 Å². The molecule has 3 N–H and O–H groups in total. The summed E-state index contributed by atoms with van der Waals surface area (Å²) in [5.74, 6) is -0.223. The Labute approximate surface area is 145 Å². The SMILES string of the molecule is NS(=O)(=O)c1ccc(NC(=O)c2ccc3c4c(cccc24)CC3)cc1. The lowest BCUT2D eigenvalue weighted by Crippen LogP contribution is -2.14. The van der Waals surface area contributed by atoms with E-state index in [1.54, 1.807) is 0 Å². The number of hydrogen-bond donors (Lipinski definition) is 2. The zero-order chi connectivity index (χ0) is 17.6. The number of nitrogens with one attached hydrogen (secondary N) is 1. The number of carbonyl (C=O) groups excluding carboxylic acids is 1. The first-order chi connectivity index (χ1) is 11.9. The second-order valence-electron chi connectivity index (χ2n) is 6.14. The molecule has 0 bridgehead atoms. The summed E-state index contributed by atoms with van der Waals surface area (Å²) in [7, 11) is -3.74. The molecule has 6 heteroatoms. The molecule has 0 atom stereocenters. The van der Waals surface area contributed by atoms with Crippen LogP contribution in [0.4, 0.5) is 5.69 Å². The lowest BCUT2D eigenvalue weighted by molar-refractivity contribution is 0.102. The van der Waals surface area contributed by atoms with Crippen LogP contribution in [-0.2, 0) is 22.9 Å². The van der Waals surface area contributed by atoms with E-state index in [0.29, 0.717) is 11.3 Å². The quantitative estimate of drug-likeness (QED) is 0.759. The molecular formula is C19H16N2O3S. The molecule has 0 aliphatic heterocycles. The van der Waals surface area contributed by atoms with E-state index >= 15 is 0 Å². The summed E-state index contributed by atoms with van der Waals surface area (Å²) in [6, 6.07) is 15.7. The molecule has 25 heavy (non-hydrogen) atoms. The highest BCUT2D eigenvalue weighted by atomic mass is 32.2. The fourth-order valence-corrected chi connectivity index (χ4v) is 3.89. The van der Waals surface area contributed by atoms with Crippen LogP contribution in [0.5, 0.6) is 0 Å². The molecule has 0 saturated carbocycles. The number of hydrogen-bond acceptors (Lipinski definition) is 3. The van der Waals surface area contributed by atoms with E-state index in [4.69, 9.17) is 5.14 Å². The van der Waals surface area contributed by atoms with E-state index < -0.39 is 10.0 Å². The van der Waals surface area contributed by atoms with Gasteiger partial charge in [0.2, 0.25) is 10.0 Å². The second kappa shape index (κ2) is 5.68. The topological polar surface area (TPSA) is 89.3 Å². The molecule has 3 aromatic rings. The Morgan fingerprint density at radius 1 is 0.920 bits per heavy atom. The molecule has 0 saturated heterocycles. The largest absolute Gasteiger partial charge is 0.322 e. The number of primary sulfonamides is 1. The highest BCUT2D eigenvalue weighted by molar-refractivity contribution is 7.89. The van der Waals surface area contributed by atoms with Gasteiger partial charge in [0.05, 0.1) is 4.90 Å². The Kier molecular flexibility index (Phi) is 3.59. The van der Waals surface area contributed by atoms with Crippen molar-refractivity contribution < 1.29 is 13.2 Å². The average molecular weight is 352 g/mol. The van der Waals surface area contributed by atoms with Crippen molar-refractivity contribution >= 4 is 32.4 Å². The summed E-state index contributed by atoms with van der Waals surface area (Å²) in [4.78, 5) is 12.7. The van der Waals surface area contributed by atoms with Crippen molar-refractivity contribution in [3.05, 3.63) is 71.3 Å². The molecule has 126 valence electrons. The zero-order valence-electron chi connectivity index (χ0n) is 13.3. The Bertz CT molecular complexity index is 1090. The Balaban J connectivity index is 1.68. The van der Waals surface area contributed by atoms with Crippen LogP contribution in [0.25, 0.3) is 10.8 Å². The van der Waals surface area contributed by atoms with Crippen molar-refractivity contribution in [2.45, 2.75) is 17.7 Å². The van der Waals surface area contributed by atoms with Gasteiger partial charge in [-0.15, -0.1) is 0 Å². The number of nitrogens with two attached hydrogens (primary N) is 1. The summed E-state index contributed by atoms with van der Waals surface area (Å²) < 4.78 is 22.6. The number of aryl methyl sites for hydroxylation is 2. The molecule has 4 rings (SSSR count). The Hall–Kier alpha value is -2.70. The van der Waals surface area contributed by atoms with E-state index in [2.05, 4.69) is 11.4 Å². The van der Waals surface area contributed by atoms with Gasteiger partial charge in [-0.2, -0.15) is 0 Å². The van der Waals surface area contributed by atoms with E-state index in [9.17, 15) is 13.2 Å². The highest BCUT2D eigenvalue weighted by Crippen LogP contribution is 2.33. The number of rotatable bonds is 3. The second-order valence-corrected chi connectivity index (χ2v) is 7.70. The molecule has 1 amide bonds. The van der Waals surface area contributed by atoms with Crippen molar-refractivity contribution in [2.24, 2.45) is 5.14 Å². The molecule has 0 fully saturated rings. The molecule has 1 aliphatic carbocycles. The van der Waals surface area contributed by atoms with Crippen LogP contribution in [0, 0.1) is 0 Å². The van der Waals surface area contributed by atoms with Gasteiger partial charge in [0.1, 0.15) is 0 Å². The van der Waals surface area contributed by atoms with Crippen LogP contribution >= 0.6 is 0 Å². The number of amides is 1. The summed E-state index contributed by atoms with van der Waals surface area (Å²) in [5.41, 5.74) is 3.68. The van der Waals surface area contributed by atoms with Crippen LogP contribution in [0.2, 0.25) is 0 Å². The van der Waals surface area contributed by atoms with Gasteiger partial charge in [-0.1, -0.05) is 24.3 Å². The summed E-state index contributed by atoms with van der Waals surface area (Å²) in [5, 5.41) is 10.0. The molecule has 3 aromatic carbocycles. The number of anilines is 1. The third kappa shape index (κ3) is 2.79. The first-order valence-corrected chi connectivity index (χ1v) is 9.46. The van der Waals surface area contributed by atoms with E-state index in [0.717, 1.165) is 18.2 Å². The van der Waals surface area contributed by atoms with E-state index in [1.165, 1.54) is 40.8 Å². The lowest BCUT2D eigenvalue weighted by atomic mass is 9.99. The highest BCUT2D eigenvalue weighted by Gasteiger charge is 2.18. The predicted molar refractivity (Wildman–Crippen MR) is 97.1 cm³/mol. The number of carbonyl (C=O) groups is 1. The molecular weight excluding hydrogens is 336 g/mol. The summed E-state index contributed by atoms with van der Waals surface area (Å²) >= 11 is 0. The monoisotopic (exact) mass is 352 g/mol. The van der Waals surface area contributed by atoms with Gasteiger partial charge in [-0.3, -0.25) is 4.79 Å². The fourth-order valence-electron chi connectivity index (χ4n) is 3.37. The van der Waals surface area contributed by atoms with Gasteiger partial charge < -0.3 is 5.32 Å². The minimum Gasteiger partial charge on any atom is -0.322 e. The van der Waals surface area contributed by atoms with Crippen LogP contribution in [0.1, 0.15) is 21.5 Å². The van der Waals surface area contributed by atoms with Gasteiger partial charge in [-0.25, -0.2) is 13.6 Å². The van der Waals surface area contributed by atoms with Crippen LogP contribution in [-0.4, -0.2) is 14.3 Å². The van der Waals surface area contributed by atoms with Crippen LogP contribution in [0.3, 0.4) is 0 Å². The average Bonchev–Trinajstić information content (AvgIpc) is 3.00. The molecule has 0 radical (unpaired) electrons. The van der Waals surface area contributed by atoms with Gasteiger partial charge in [0, 0.05) is 11.3 Å². The smallest absolute Gasteiger partial charge is 0.256 e. The first kappa shape index (κ1) is 15.8. The predicted octanol–water partition coefficient (Wildman–Crippen LogP) is 2.84. The van der Waals surface area contributed by atoms with Crippen LogP contribution in [0.15, 0.2) is 59.5 Å². The minimum absolute atomic E-state index is 0.0100. The fraction of sp³-hybridized carbons (Fsp3) is 0.105. The van der Waals surface area contributed by atoms with Crippen LogP contribution < -0.4 is 10.5 Å². The standard InChI is InChI=1S/C19H16N2O3S/c20-25(23,24)15-9-7-14(8-10-15)21-19(22)17-11-6-13-5-4-12-2-1-3-16(17)18(12)13/h1-3,6-11H,4-5H2,(H,21,22)(H2,20,23,24). The summed E-state index contributed by atoms with van der Waals surface area (Å²) in [6.07, 6.45) is 2.01. The number of sulfonamides is 1. The minimum atomic E-state index is -3.74. The van der Waals surface area contributed by atoms with Gasteiger partial charge in [0.15, 0.2) is 0 Å². The van der Waals surface area contributed by atoms with Crippen molar-refractivity contribution in [3.63, 3.8) is 0 Å². The normalized spacial score (nSPS) is 13.2. The molecule has 0 spiro atoms.